The van der Waals surface area contributed by atoms with Crippen molar-refractivity contribution < 1.29 is 28.2 Å². The van der Waals surface area contributed by atoms with Crippen molar-refractivity contribution in [2.24, 2.45) is 29.6 Å². The maximum Gasteiger partial charge on any atom is 0.332 e. The highest BCUT2D eigenvalue weighted by atomic mass is 19.1. The molecule has 3 fully saturated rings. The fourth-order valence-electron chi connectivity index (χ4n) is 6.24. The van der Waals surface area contributed by atoms with E-state index in [1.54, 1.807) is 0 Å². The van der Waals surface area contributed by atoms with Crippen LogP contribution in [-0.4, -0.2) is 37.1 Å². The van der Waals surface area contributed by atoms with Crippen molar-refractivity contribution in [1.29, 1.82) is 0 Å². The smallest absolute Gasteiger partial charge is 0.332 e. The quantitative estimate of drug-likeness (QED) is 0.202. The molecule has 3 rings (SSSR count). The van der Waals surface area contributed by atoms with E-state index in [1.807, 2.05) is 0 Å². The Hall–Kier alpha value is -1.43. The molecule has 0 radical (unpaired) electrons. The first kappa shape index (κ1) is 27.2. The van der Waals surface area contributed by atoms with Crippen LogP contribution >= 0.6 is 0 Å². The maximum absolute atomic E-state index is 14.9. The zero-order chi connectivity index (χ0) is 24.5. The van der Waals surface area contributed by atoms with E-state index < -0.39 is 12.1 Å². The summed E-state index contributed by atoms with van der Waals surface area (Å²) in [7, 11) is 0. The lowest BCUT2D eigenvalue weighted by Gasteiger charge is -2.39. The van der Waals surface area contributed by atoms with E-state index in [-0.39, 0.29) is 36.8 Å². The molecule has 194 valence electrons. The number of hydrogen-bond acceptors (Lipinski definition) is 5. The fraction of sp³-hybridized carbons (Fsp3) is 0.857. The third-order valence-electron chi connectivity index (χ3n) is 8.70. The molecular weight excluding hydrogens is 435 g/mol. The highest BCUT2D eigenvalue weighted by molar-refractivity contribution is 5.81. The summed E-state index contributed by atoms with van der Waals surface area (Å²) in [4.78, 5) is 23.8. The molecule has 5 nitrogen and oxygen atoms in total. The van der Waals surface area contributed by atoms with Crippen molar-refractivity contribution in [3.63, 3.8) is 0 Å². The second-order valence-corrected chi connectivity index (χ2v) is 11.0. The van der Waals surface area contributed by atoms with E-state index >= 15 is 0 Å². The molecule has 0 N–H and O–H groups in total. The van der Waals surface area contributed by atoms with Gasteiger partial charge in [0.05, 0.1) is 12.0 Å². The van der Waals surface area contributed by atoms with Gasteiger partial charge in [-0.05, 0) is 101 Å². The van der Waals surface area contributed by atoms with E-state index in [0.717, 1.165) is 89.5 Å². The zero-order valence-corrected chi connectivity index (χ0v) is 21.2. The second-order valence-electron chi connectivity index (χ2n) is 11.0. The van der Waals surface area contributed by atoms with Crippen molar-refractivity contribution in [2.45, 2.75) is 116 Å². The van der Waals surface area contributed by atoms with Crippen molar-refractivity contribution in [2.75, 3.05) is 6.79 Å². The molecule has 0 aromatic carbocycles. The van der Waals surface area contributed by atoms with Gasteiger partial charge in [0, 0.05) is 6.08 Å². The molecule has 3 aliphatic carbocycles. The molecule has 4 unspecified atom stereocenters. The number of carbonyl (C=O) groups is 2. The zero-order valence-electron chi connectivity index (χ0n) is 21.2. The average Bonchev–Trinajstić information content (AvgIpc) is 2.86. The number of esters is 2. The fourth-order valence-corrected chi connectivity index (χ4v) is 6.24. The van der Waals surface area contributed by atoms with Gasteiger partial charge in [-0.2, -0.15) is 0 Å². The summed E-state index contributed by atoms with van der Waals surface area (Å²) in [6, 6.07) is 0. The minimum absolute atomic E-state index is 0.00791. The predicted molar refractivity (Wildman–Crippen MR) is 130 cm³/mol. The van der Waals surface area contributed by atoms with Gasteiger partial charge in [0.2, 0.25) is 0 Å². The van der Waals surface area contributed by atoms with Gasteiger partial charge < -0.3 is 14.2 Å². The van der Waals surface area contributed by atoms with Crippen LogP contribution in [0.15, 0.2) is 12.7 Å². The Morgan fingerprint density at radius 1 is 0.971 bits per heavy atom. The summed E-state index contributed by atoms with van der Waals surface area (Å²) in [6.07, 6.45) is 12.5. The molecule has 0 saturated heterocycles. The van der Waals surface area contributed by atoms with Crippen LogP contribution in [0, 0.1) is 29.6 Å². The normalized spacial score (nSPS) is 35.2. The average molecular weight is 481 g/mol. The first-order chi connectivity index (χ1) is 16.4. The Morgan fingerprint density at radius 3 is 2.24 bits per heavy atom. The number of alkyl halides is 1. The van der Waals surface area contributed by atoms with Gasteiger partial charge in [-0.25, -0.2) is 9.18 Å². The molecule has 4 atom stereocenters. The van der Waals surface area contributed by atoms with Crippen LogP contribution in [0.5, 0.6) is 0 Å². The predicted octanol–water partition coefficient (Wildman–Crippen LogP) is 6.54. The number of hydrogen-bond donors (Lipinski definition) is 0. The van der Waals surface area contributed by atoms with E-state index in [0.29, 0.717) is 17.8 Å². The summed E-state index contributed by atoms with van der Waals surface area (Å²) in [6.45, 7) is 7.72. The van der Waals surface area contributed by atoms with E-state index in [9.17, 15) is 14.0 Å². The third-order valence-corrected chi connectivity index (χ3v) is 8.70. The van der Waals surface area contributed by atoms with Gasteiger partial charge >= 0.3 is 11.9 Å². The van der Waals surface area contributed by atoms with Crippen LogP contribution in [0.4, 0.5) is 4.39 Å². The molecule has 0 bridgehead atoms. The lowest BCUT2D eigenvalue weighted by Crippen LogP contribution is -2.35. The monoisotopic (exact) mass is 480 g/mol. The lowest BCUT2D eigenvalue weighted by molar-refractivity contribution is -0.165. The first-order valence-corrected chi connectivity index (χ1v) is 13.6. The Morgan fingerprint density at radius 2 is 1.62 bits per heavy atom. The topological polar surface area (TPSA) is 61.8 Å². The largest absolute Gasteiger partial charge is 0.462 e. The molecule has 0 aliphatic heterocycles. The van der Waals surface area contributed by atoms with E-state index in [2.05, 4.69) is 20.4 Å². The van der Waals surface area contributed by atoms with Gasteiger partial charge in [0.1, 0.15) is 12.3 Å². The number of rotatable bonds is 10. The van der Waals surface area contributed by atoms with Crippen molar-refractivity contribution in [3.8, 4) is 0 Å². The summed E-state index contributed by atoms with van der Waals surface area (Å²) in [5.74, 6) is 1.37. The highest BCUT2D eigenvalue weighted by Gasteiger charge is 2.38. The standard InChI is InChI=1S/C28H45FO5/c1-4-19(3)16-23-11-10-22(17-26(23)29)20-6-8-21(9-7-20)28(31)34-25-14-12-24(13-15-25)32-18-33-27(30)5-2/h5,19-26H,2,4,6-18H2,1,3H3. The summed E-state index contributed by atoms with van der Waals surface area (Å²) in [5, 5.41) is 0. The third kappa shape index (κ3) is 8.07. The minimum atomic E-state index is -0.649. The van der Waals surface area contributed by atoms with Gasteiger partial charge in [-0.15, -0.1) is 0 Å². The second kappa shape index (κ2) is 13.6. The summed E-state index contributed by atoms with van der Waals surface area (Å²) < 4.78 is 31.1. The van der Waals surface area contributed by atoms with Crippen LogP contribution in [0.3, 0.4) is 0 Å². The Kier molecular flexibility index (Phi) is 10.9. The lowest BCUT2D eigenvalue weighted by atomic mass is 9.67. The van der Waals surface area contributed by atoms with Crippen molar-refractivity contribution in [3.05, 3.63) is 12.7 Å². The number of halogens is 1. The van der Waals surface area contributed by atoms with E-state index in [4.69, 9.17) is 14.2 Å². The summed E-state index contributed by atoms with van der Waals surface area (Å²) in [5.41, 5.74) is 0. The molecule has 0 aromatic heterocycles. The Balaban J connectivity index is 1.32. The summed E-state index contributed by atoms with van der Waals surface area (Å²) >= 11 is 0. The minimum Gasteiger partial charge on any atom is -0.462 e. The molecule has 0 spiro atoms. The molecule has 3 aliphatic rings. The van der Waals surface area contributed by atoms with Crippen LogP contribution in [-0.2, 0) is 23.8 Å². The molecule has 0 aromatic rings. The molecule has 0 amide bonds. The Bertz CT molecular complexity index is 651. The van der Waals surface area contributed by atoms with Gasteiger partial charge in [-0.1, -0.05) is 26.8 Å². The van der Waals surface area contributed by atoms with Crippen molar-refractivity contribution in [1.82, 2.24) is 0 Å². The first-order valence-electron chi connectivity index (χ1n) is 13.6. The number of carbonyl (C=O) groups excluding carboxylic acids is 2. The van der Waals surface area contributed by atoms with Crippen molar-refractivity contribution >= 4 is 11.9 Å². The highest BCUT2D eigenvalue weighted by Crippen LogP contribution is 2.44. The molecule has 0 heterocycles. The van der Waals surface area contributed by atoms with Crippen LogP contribution in [0.2, 0.25) is 0 Å². The van der Waals surface area contributed by atoms with Gasteiger partial charge in [0.15, 0.2) is 6.79 Å². The molecule has 6 heteroatoms. The molecule has 34 heavy (non-hydrogen) atoms. The van der Waals surface area contributed by atoms with Crippen LogP contribution in [0.1, 0.15) is 97.3 Å². The maximum atomic E-state index is 14.9. The SMILES string of the molecule is C=CC(=O)OCOC1CCC(OC(=O)C2CCC(C3CCC(CC(C)CC)C(F)C3)CC2)CC1. The molecule has 3 saturated carbocycles. The molecular formula is C28H45FO5. The van der Waals surface area contributed by atoms with Gasteiger partial charge in [0.25, 0.3) is 0 Å². The number of ether oxygens (including phenoxy) is 3. The van der Waals surface area contributed by atoms with Crippen LogP contribution in [0.25, 0.3) is 0 Å². The van der Waals surface area contributed by atoms with E-state index in [1.165, 1.54) is 0 Å². The Labute approximate surface area is 205 Å². The van der Waals surface area contributed by atoms with Gasteiger partial charge in [-0.3, -0.25) is 4.79 Å². The van der Waals surface area contributed by atoms with Crippen LogP contribution < -0.4 is 0 Å².